The molecule has 0 spiro atoms. The summed E-state index contributed by atoms with van der Waals surface area (Å²) in [6, 6.07) is 10.6. The number of halogens is 3. The Bertz CT molecular complexity index is 599. The summed E-state index contributed by atoms with van der Waals surface area (Å²) < 4.78 is 42.8. The second-order valence-corrected chi connectivity index (χ2v) is 4.47. The van der Waals surface area contributed by atoms with E-state index in [1.54, 1.807) is 12.1 Å². The second kappa shape index (κ2) is 6.58. The van der Waals surface area contributed by atoms with Gasteiger partial charge in [0.2, 0.25) is 5.88 Å². The van der Waals surface area contributed by atoms with Gasteiger partial charge in [-0.05, 0) is 17.7 Å². The van der Waals surface area contributed by atoms with Crippen molar-refractivity contribution in [1.82, 2.24) is 10.3 Å². The van der Waals surface area contributed by atoms with Crippen LogP contribution in [0.3, 0.4) is 0 Å². The monoisotopic (exact) mass is 296 g/mol. The topological polar surface area (TPSA) is 34.1 Å². The summed E-state index contributed by atoms with van der Waals surface area (Å²) in [6.07, 6.45) is -4.32. The van der Waals surface area contributed by atoms with Gasteiger partial charge in [-0.3, -0.25) is 0 Å². The summed E-state index contributed by atoms with van der Waals surface area (Å²) in [5.41, 5.74) is 0.704. The molecule has 2 rings (SSSR count). The first kappa shape index (κ1) is 15.3. The van der Waals surface area contributed by atoms with Gasteiger partial charge in [0.05, 0.1) is 18.4 Å². The molecular formula is C15H15F3N2O. The van der Waals surface area contributed by atoms with E-state index in [0.717, 1.165) is 17.8 Å². The molecule has 0 aliphatic carbocycles. The maximum Gasteiger partial charge on any atom is 0.416 e. The number of hydrogen-bond donors (Lipinski definition) is 1. The quantitative estimate of drug-likeness (QED) is 0.918. The van der Waals surface area contributed by atoms with Crippen LogP contribution in [0.15, 0.2) is 42.5 Å². The molecule has 1 heterocycles. The molecule has 112 valence electrons. The Hall–Kier alpha value is -2.08. The van der Waals surface area contributed by atoms with Crippen molar-refractivity contribution in [2.75, 3.05) is 7.11 Å². The summed E-state index contributed by atoms with van der Waals surface area (Å²) in [6.45, 7) is 0.788. The zero-order chi connectivity index (χ0) is 15.3. The molecule has 0 unspecified atom stereocenters. The zero-order valence-electron chi connectivity index (χ0n) is 11.4. The van der Waals surface area contributed by atoms with Crippen LogP contribution in [0.2, 0.25) is 0 Å². The third-order valence-corrected chi connectivity index (χ3v) is 2.88. The van der Waals surface area contributed by atoms with Crippen molar-refractivity contribution in [2.24, 2.45) is 0 Å². The van der Waals surface area contributed by atoms with Crippen LogP contribution >= 0.6 is 0 Å². The van der Waals surface area contributed by atoms with Gasteiger partial charge in [-0.25, -0.2) is 4.98 Å². The molecule has 0 fully saturated rings. The molecule has 1 N–H and O–H groups in total. The van der Waals surface area contributed by atoms with Gasteiger partial charge in [-0.1, -0.05) is 24.3 Å². The Morgan fingerprint density at radius 3 is 2.57 bits per heavy atom. The van der Waals surface area contributed by atoms with E-state index >= 15 is 0 Å². The van der Waals surface area contributed by atoms with Gasteiger partial charge >= 0.3 is 6.18 Å². The lowest BCUT2D eigenvalue weighted by Crippen LogP contribution is -2.14. The lowest BCUT2D eigenvalue weighted by Gasteiger charge is -2.09. The van der Waals surface area contributed by atoms with E-state index in [4.69, 9.17) is 4.74 Å². The zero-order valence-corrected chi connectivity index (χ0v) is 11.4. The molecule has 1 aromatic carbocycles. The average Bonchev–Trinajstić information content (AvgIpc) is 2.47. The first-order chi connectivity index (χ1) is 9.99. The highest BCUT2D eigenvalue weighted by atomic mass is 19.4. The summed E-state index contributed by atoms with van der Waals surface area (Å²) in [7, 11) is 1.53. The van der Waals surface area contributed by atoms with Gasteiger partial charge in [0, 0.05) is 19.2 Å². The number of aromatic nitrogens is 1. The minimum absolute atomic E-state index is 0.336. The Morgan fingerprint density at radius 2 is 1.86 bits per heavy atom. The van der Waals surface area contributed by atoms with Gasteiger partial charge in [-0.15, -0.1) is 0 Å². The highest BCUT2D eigenvalue weighted by molar-refractivity contribution is 5.25. The van der Waals surface area contributed by atoms with Crippen LogP contribution in [-0.4, -0.2) is 12.1 Å². The Kier molecular flexibility index (Phi) is 4.80. The molecule has 0 atom stereocenters. The molecular weight excluding hydrogens is 281 g/mol. The Balaban J connectivity index is 1.94. The Labute approximate surface area is 120 Å². The molecule has 0 amide bonds. The van der Waals surface area contributed by atoms with Crippen LogP contribution in [0.5, 0.6) is 5.88 Å². The third-order valence-electron chi connectivity index (χ3n) is 2.88. The van der Waals surface area contributed by atoms with Crippen molar-refractivity contribution in [2.45, 2.75) is 19.3 Å². The van der Waals surface area contributed by atoms with Gasteiger partial charge < -0.3 is 10.1 Å². The van der Waals surface area contributed by atoms with Crippen LogP contribution < -0.4 is 10.1 Å². The molecule has 0 aliphatic rings. The number of benzene rings is 1. The van der Waals surface area contributed by atoms with Gasteiger partial charge in [-0.2, -0.15) is 13.2 Å². The predicted octanol–water partition coefficient (Wildman–Crippen LogP) is 3.40. The standard InChI is InChI=1S/C15H15F3N2O/c1-21-14-7-3-6-13(20-14)10-19-9-11-4-2-5-12(8-11)15(16,17)18/h2-8,19H,9-10H2,1H3. The molecule has 0 bridgehead atoms. The third kappa shape index (κ3) is 4.46. The molecule has 1 aromatic heterocycles. The highest BCUT2D eigenvalue weighted by Gasteiger charge is 2.30. The largest absolute Gasteiger partial charge is 0.481 e. The molecule has 0 saturated heterocycles. The smallest absolute Gasteiger partial charge is 0.416 e. The predicted molar refractivity (Wildman–Crippen MR) is 72.8 cm³/mol. The molecule has 0 aliphatic heterocycles. The van der Waals surface area contributed by atoms with Crippen LogP contribution in [0.1, 0.15) is 16.8 Å². The number of nitrogens with one attached hydrogen (secondary N) is 1. The van der Waals surface area contributed by atoms with Crippen molar-refractivity contribution < 1.29 is 17.9 Å². The van der Waals surface area contributed by atoms with E-state index in [1.807, 2.05) is 12.1 Å². The maximum absolute atomic E-state index is 12.6. The average molecular weight is 296 g/mol. The van der Waals surface area contributed by atoms with Crippen molar-refractivity contribution in [1.29, 1.82) is 0 Å². The first-order valence-corrected chi connectivity index (χ1v) is 6.36. The molecule has 6 heteroatoms. The summed E-state index contributed by atoms with van der Waals surface area (Å²) in [4.78, 5) is 4.21. The van der Waals surface area contributed by atoms with Crippen molar-refractivity contribution in [3.63, 3.8) is 0 Å². The van der Waals surface area contributed by atoms with Crippen LogP contribution in [-0.2, 0) is 19.3 Å². The van der Waals surface area contributed by atoms with Crippen LogP contribution in [0.25, 0.3) is 0 Å². The van der Waals surface area contributed by atoms with E-state index in [9.17, 15) is 13.2 Å². The molecule has 0 saturated carbocycles. The molecule has 0 radical (unpaired) electrons. The summed E-state index contributed by atoms with van der Waals surface area (Å²) >= 11 is 0. The Morgan fingerprint density at radius 1 is 1.10 bits per heavy atom. The number of ether oxygens (including phenoxy) is 1. The van der Waals surface area contributed by atoms with E-state index < -0.39 is 11.7 Å². The van der Waals surface area contributed by atoms with Crippen molar-refractivity contribution in [3.05, 3.63) is 59.3 Å². The van der Waals surface area contributed by atoms with Crippen molar-refractivity contribution >= 4 is 0 Å². The first-order valence-electron chi connectivity index (χ1n) is 6.36. The maximum atomic E-state index is 12.6. The number of rotatable bonds is 5. The number of pyridine rings is 1. The second-order valence-electron chi connectivity index (χ2n) is 4.47. The number of hydrogen-bond acceptors (Lipinski definition) is 3. The van der Waals surface area contributed by atoms with Gasteiger partial charge in [0.1, 0.15) is 0 Å². The van der Waals surface area contributed by atoms with Gasteiger partial charge in [0.15, 0.2) is 0 Å². The lowest BCUT2D eigenvalue weighted by atomic mass is 10.1. The van der Waals surface area contributed by atoms with Crippen LogP contribution in [0, 0.1) is 0 Å². The molecule has 3 nitrogen and oxygen atoms in total. The lowest BCUT2D eigenvalue weighted by molar-refractivity contribution is -0.137. The molecule has 21 heavy (non-hydrogen) atoms. The SMILES string of the molecule is COc1cccc(CNCc2cccc(C(F)(F)F)c2)n1. The van der Waals surface area contributed by atoms with E-state index in [1.165, 1.54) is 13.2 Å². The number of alkyl halides is 3. The minimum atomic E-state index is -4.32. The van der Waals surface area contributed by atoms with E-state index in [0.29, 0.717) is 24.5 Å². The summed E-state index contributed by atoms with van der Waals surface area (Å²) in [5.74, 6) is 0.508. The normalized spacial score (nSPS) is 11.4. The fourth-order valence-electron chi connectivity index (χ4n) is 1.86. The summed E-state index contributed by atoms with van der Waals surface area (Å²) in [5, 5.41) is 3.06. The highest BCUT2D eigenvalue weighted by Crippen LogP contribution is 2.29. The number of nitrogens with zero attached hydrogens (tertiary/aromatic N) is 1. The molecule has 2 aromatic rings. The van der Waals surface area contributed by atoms with E-state index in [-0.39, 0.29) is 0 Å². The minimum Gasteiger partial charge on any atom is -0.481 e. The van der Waals surface area contributed by atoms with Crippen LogP contribution in [0.4, 0.5) is 13.2 Å². The fraction of sp³-hybridized carbons (Fsp3) is 0.267. The van der Waals surface area contributed by atoms with Crippen molar-refractivity contribution in [3.8, 4) is 5.88 Å². The van der Waals surface area contributed by atoms with Gasteiger partial charge in [0.25, 0.3) is 0 Å². The van der Waals surface area contributed by atoms with E-state index in [2.05, 4.69) is 10.3 Å². The fourth-order valence-corrected chi connectivity index (χ4v) is 1.86. The number of methoxy groups -OCH3 is 1.